The summed E-state index contributed by atoms with van der Waals surface area (Å²) in [4.78, 5) is 11.4. The lowest BCUT2D eigenvalue weighted by Crippen LogP contribution is -2.15. The van der Waals surface area contributed by atoms with Gasteiger partial charge in [-0.1, -0.05) is 6.92 Å². The summed E-state index contributed by atoms with van der Waals surface area (Å²) >= 11 is 0. The number of rotatable bonds is 2. The van der Waals surface area contributed by atoms with Crippen LogP contribution in [0.3, 0.4) is 0 Å². The molecule has 102 valence electrons. The first kappa shape index (κ1) is 13.6. The van der Waals surface area contributed by atoms with Gasteiger partial charge in [-0.25, -0.2) is 0 Å². The van der Waals surface area contributed by atoms with E-state index in [1.807, 2.05) is 6.92 Å². The van der Waals surface area contributed by atoms with E-state index in [9.17, 15) is 18.0 Å². The Labute approximate surface area is 109 Å². The van der Waals surface area contributed by atoms with Gasteiger partial charge in [0.05, 0.1) is 5.56 Å². The van der Waals surface area contributed by atoms with Crippen LogP contribution in [0.2, 0.25) is 0 Å². The molecule has 0 amide bonds. The van der Waals surface area contributed by atoms with Gasteiger partial charge < -0.3 is 5.32 Å². The van der Waals surface area contributed by atoms with Crippen molar-refractivity contribution in [3.05, 3.63) is 41.6 Å². The van der Waals surface area contributed by atoms with Crippen molar-refractivity contribution in [2.24, 2.45) is 5.92 Å². The Kier molecular flexibility index (Phi) is 3.64. The molecule has 0 spiro atoms. The molecule has 0 fully saturated rings. The Morgan fingerprint density at radius 2 is 1.79 bits per heavy atom. The first-order valence-corrected chi connectivity index (χ1v) is 6.02. The molecule has 0 radical (unpaired) electrons. The van der Waals surface area contributed by atoms with Crippen molar-refractivity contribution in [1.29, 1.82) is 0 Å². The highest BCUT2D eigenvalue weighted by atomic mass is 19.4. The first-order valence-electron chi connectivity index (χ1n) is 6.02. The third kappa shape index (κ3) is 3.59. The molecule has 0 bridgehead atoms. The van der Waals surface area contributed by atoms with Crippen LogP contribution in [0.25, 0.3) is 0 Å². The van der Waals surface area contributed by atoms with Gasteiger partial charge in [0.2, 0.25) is 0 Å². The Morgan fingerprint density at radius 1 is 1.16 bits per heavy atom. The Balaban J connectivity index is 2.10. The summed E-state index contributed by atoms with van der Waals surface area (Å²) in [6.45, 7) is 1.97. The van der Waals surface area contributed by atoms with Crippen molar-refractivity contribution in [2.45, 2.75) is 25.9 Å². The van der Waals surface area contributed by atoms with Crippen LogP contribution in [0.1, 0.15) is 25.3 Å². The highest BCUT2D eigenvalue weighted by Crippen LogP contribution is 2.30. The minimum Gasteiger partial charge on any atom is -0.359 e. The molecule has 2 rings (SSSR count). The fourth-order valence-electron chi connectivity index (χ4n) is 2.12. The Hall–Kier alpha value is -1.78. The average Bonchev–Trinajstić information content (AvgIpc) is 2.26. The van der Waals surface area contributed by atoms with Gasteiger partial charge in [0.25, 0.3) is 0 Å². The first-order chi connectivity index (χ1) is 8.84. The Bertz CT molecular complexity index is 502. The van der Waals surface area contributed by atoms with E-state index < -0.39 is 11.7 Å². The molecule has 0 aromatic heterocycles. The van der Waals surface area contributed by atoms with Crippen molar-refractivity contribution in [1.82, 2.24) is 0 Å². The van der Waals surface area contributed by atoms with Crippen LogP contribution in [-0.2, 0) is 11.0 Å². The highest BCUT2D eigenvalue weighted by Gasteiger charge is 2.30. The van der Waals surface area contributed by atoms with E-state index >= 15 is 0 Å². The van der Waals surface area contributed by atoms with Crippen LogP contribution in [0.4, 0.5) is 18.9 Å². The summed E-state index contributed by atoms with van der Waals surface area (Å²) in [6.07, 6.45) is -1.55. The van der Waals surface area contributed by atoms with E-state index in [1.54, 1.807) is 0 Å². The molecule has 1 aliphatic rings. The quantitative estimate of drug-likeness (QED) is 0.879. The van der Waals surface area contributed by atoms with E-state index in [1.165, 1.54) is 18.2 Å². The maximum absolute atomic E-state index is 12.4. The third-order valence-corrected chi connectivity index (χ3v) is 2.97. The lowest BCUT2D eigenvalue weighted by Gasteiger charge is -2.19. The Morgan fingerprint density at radius 3 is 2.32 bits per heavy atom. The van der Waals surface area contributed by atoms with Crippen molar-refractivity contribution in [2.75, 3.05) is 5.32 Å². The van der Waals surface area contributed by atoms with Gasteiger partial charge in [-0.3, -0.25) is 4.79 Å². The number of hydrogen-bond donors (Lipinski definition) is 1. The second-order valence-electron chi connectivity index (χ2n) is 4.85. The fourth-order valence-corrected chi connectivity index (χ4v) is 2.12. The lowest BCUT2D eigenvalue weighted by atomic mass is 9.93. The van der Waals surface area contributed by atoms with E-state index in [-0.39, 0.29) is 11.7 Å². The maximum Gasteiger partial charge on any atom is 0.416 e. The number of halogens is 3. The van der Waals surface area contributed by atoms with Crippen LogP contribution in [0.5, 0.6) is 0 Å². The number of benzene rings is 1. The minimum absolute atomic E-state index is 0.0492. The number of carbonyl (C=O) groups excluding carboxylic acids is 1. The van der Waals surface area contributed by atoms with Crippen LogP contribution in [-0.4, -0.2) is 5.78 Å². The predicted molar refractivity (Wildman–Crippen MR) is 66.6 cm³/mol. The molecule has 0 saturated heterocycles. The van der Waals surface area contributed by atoms with Gasteiger partial charge in [-0.05, 0) is 36.6 Å². The van der Waals surface area contributed by atoms with Gasteiger partial charge in [0.1, 0.15) is 0 Å². The summed E-state index contributed by atoms with van der Waals surface area (Å²) in [5.41, 5.74) is 0.629. The SMILES string of the molecule is CC1CC(=O)C=C(Nc2ccc(C(F)(F)F)cc2)C1. The summed E-state index contributed by atoms with van der Waals surface area (Å²) in [7, 11) is 0. The zero-order valence-electron chi connectivity index (χ0n) is 10.4. The van der Waals surface area contributed by atoms with E-state index in [4.69, 9.17) is 0 Å². The van der Waals surface area contributed by atoms with E-state index in [0.29, 0.717) is 12.1 Å². The highest BCUT2D eigenvalue weighted by molar-refractivity contribution is 5.91. The molecule has 1 N–H and O–H groups in total. The van der Waals surface area contributed by atoms with Gasteiger partial charge >= 0.3 is 6.18 Å². The molecule has 0 aliphatic heterocycles. The molecule has 1 unspecified atom stereocenters. The molecule has 5 heteroatoms. The molecular weight excluding hydrogens is 255 g/mol. The van der Waals surface area contributed by atoms with Crippen molar-refractivity contribution in [3.63, 3.8) is 0 Å². The molecule has 1 aliphatic carbocycles. The number of hydrogen-bond acceptors (Lipinski definition) is 2. The van der Waals surface area contributed by atoms with E-state index in [2.05, 4.69) is 5.32 Å². The average molecular weight is 269 g/mol. The second-order valence-corrected chi connectivity index (χ2v) is 4.85. The number of anilines is 1. The summed E-state index contributed by atoms with van der Waals surface area (Å²) in [5.74, 6) is 0.308. The summed E-state index contributed by atoms with van der Waals surface area (Å²) in [5, 5.41) is 2.99. The van der Waals surface area contributed by atoms with Crippen LogP contribution < -0.4 is 5.32 Å². The van der Waals surface area contributed by atoms with Crippen LogP contribution in [0, 0.1) is 5.92 Å². The third-order valence-electron chi connectivity index (χ3n) is 2.97. The summed E-state index contributed by atoms with van der Waals surface area (Å²) < 4.78 is 37.2. The van der Waals surface area contributed by atoms with Gasteiger partial charge in [0, 0.05) is 23.9 Å². The molecule has 0 heterocycles. The number of carbonyl (C=O) groups is 1. The monoisotopic (exact) mass is 269 g/mol. The number of allylic oxidation sites excluding steroid dienone is 2. The molecule has 1 aromatic rings. The normalized spacial score (nSPS) is 20.1. The molecule has 2 nitrogen and oxygen atoms in total. The van der Waals surface area contributed by atoms with Crippen molar-refractivity contribution >= 4 is 11.5 Å². The van der Waals surface area contributed by atoms with Gasteiger partial charge in [-0.15, -0.1) is 0 Å². The zero-order chi connectivity index (χ0) is 14.0. The molecular formula is C14H14F3NO. The zero-order valence-corrected chi connectivity index (χ0v) is 10.4. The molecule has 19 heavy (non-hydrogen) atoms. The number of alkyl halides is 3. The van der Waals surface area contributed by atoms with Gasteiger partial charge in [-0.2, -0.15) is 13.2 Å². The second kappa shape index (κ2) is 5.07. The predicted octanol–water partition coefficient (Wildman–Crippen LogP) is 4.00. The minimum atomic E-state index is -4.33. The number of ketones is 1. The maximum atomic E-state index is 12.4. The lowest BCUT2D eigenvalue weighted by molar-refractivity contribution is -0.137. The standard InChI is InChI=1S/C14H14F3NO/c1-9-6-12(8-13(19)7-9)18-11-4-2-10(3-5-11)14(15,16)17/h2-5,8-9,18H,6-7H2,1H3. The molecule has 1 aromatic carbocycles. The van der Waals surface area contributed by atoms with E-state index in [0.717, 1.165) is 24.3 Å². The van der Waals surface area contributed by atoms with Crippen molar-refractivity contribution in [3.8, 4) is 0 Å². The fraction of sp³-hybridized carbons (Fsp3) is 0.357. The number of nitrogens with one attached hydrogen (secondary N) is 1. The molecule has 1 atom stereocenters. The molecule has 0 saturated carbocycles. The van der Waals surface area contributed by atoms with Crippen LogP contribution in [0.15, 0.2) is 36.0 Å². The van der Waals surface area contributed by atoms with Crippen LogP contribution >= 0.6 is 0 Å². The van der Waals surface area contributed by atoms with Crippen molar-refractivity contribution < 1.29 is 18.0 Å². The summed E-state index contributed by atoms with van der Waals surface area (Å²) in [6, 6.07) is 4.79. The topological polar surface area (TPSA) is 29.1 Å². The largest absolute Gasteiger partial charge is 0.416 e. The smallest absolute Gasteiger partial charge is 0.359 e. The van der Waals surface area contributed by atoms with Gasteiger partial charge in [0.15, 0.2) is 5.78 Å².